The molecule has 0 radical (unpaired) electrons. The van der Waals surface area contributed by atoms with Crippen molar-refractivity contribution in [2.24, 2.45) is 0 Å². The van der Waals surface area contributed by atoms with Crippen LogP contribution in [0.15, 0.2) is 34.7 Å². The number of nitrogens with one attached hydrogen (secondary N) is 1. The number of carbonyl (C=O) groups excluding carboxylic acids is 1. The minimum Gasteiger partial charge on any atom is -0.475 e. The van der Waals surface area contributed by atoms with E-state index < -0.39 is 27.9 Å². The number of anilines is 1. The zero-order valence-corrected chi connectivity index (χ0v) is 14.7. The van der Waals surface area contributed by atoms with Gasteiger partial charge in [-0.15, -0.1) is 0 Å². The number of aromatic carboxylic acids is 1. The second kappa shape index (κ2) is 7.83. The lowest BCUT2D eigenvalue weighted by atomic mass is 10.3. The molecular weight excluding hydrogens is 377 g/mol. The van der Waals surface area contributed by atoms with Crippen LogP contribution in [0.4, 0.5) is 5.69 Å². The lowest BCUT2D eigenvalue weighted by molar-refractivity contribution is -0.115. The Morgan fingerprint density at radius 2 is 1.88 bits per heavy atom. The summed E-state index contributed by atoms with van der Waals surface area (Å²) in [7, 11) is -1.59. The lowest BCUT2D eigenvalue weighted by Gasteiger charge is -2.12. The average Bonchev–Trinajstić information content (AvgIpc) is 2.93. The molecule has 1 aromatic carbocycles. The Bertz CT molecular complexity index is 785. The first-order chi connectivity index (χ1) is 11.3. The fourth-order valence-corrected chi connectivity index (χ4v) is 3.33. The second-order valence-electron chi connectivity index (χ2n) is 4.89. The van der Waals surface area contributed by atoms with Gasteiger partial charge < -0.3 is 14.8 Å². The van der Waals surface area contributed by atoms with E-state index >= 15 is 0 Å². The van der Waals surface area contributed by atoms with Gasteiger partial charge in [-0.1, -0.05) is 23.2 Å². The van der Waals surface area contributed by atoms with Crippen molar-refractivity contribution in [3.05, 3.63) is 51.9 Å². The Balaban J connectivity index is 2.00. The van der Waals surface area contributed by atoms with E-state index in [1.54, 1.807) is 0 Å². The molecule has 0 saturated heterocycles. The standard InChI is InChI=1S/C15H13Cl2NO5S/c1-8(14(19)18-11-5-9(16)4-10(17)6-11)24(22)7-12-2-3-13(23-12)15(20)21/h2-6,8H,7H2,1H3,(H,18,19)(H,20,21). The molecule has 0 aliphatic rings. The zero-order chi connectivity index (χ0) is 17.9. The SMILES string of the molecule is CC(C(=O)Nc1cc(Cl)cc(Cl)c1)S(=O)Cc1ccc(C(=O)O)o1. The first-order valence-electron chi connectivity index (χ1n) is 6.72. The molecular formula is C15H13Cl2NO5S. The fourth-order valence-electron chi connectivity index (χ4n) is 1.82. The fraction of sp³-hybridized carbons (Fsp3) is 0.200. The molecule has 0 aliphatic heterocycles. The number of amides is 1. The molecule has 2 atom stereocenters. The molecule has 0 fully saturated rings. The van der Waals surface area contributed by atoms with Crippen molar-refractivity contribution < 1.29 is 23.3 Å². The third-order valence-corrected chi connectivity index (χ3v) is 5.06. The summed E-state index contributed by atoms with van der Waals surface area (Å²) in [6, 6.07) is 7.26. The molecule has 2 N–H and O–H groups in total. The molecule has 6 nitrogen and oxygen atoms in total. The molecule has 1 heterocycles. The normalized spacial score (nSPS) is 13.3. The molecule has 9 heteroatoms. The minimum atomic E-state index is -1.59. The third-order valence-electron chi connectivity index (χ3n) is 3.05. The highest BCUT2D eigenvalue weighted by atomic mass is 35.5. The summed E-state index contributed by atoms with van der Waals surface area (Å²) in [5.74, 6) is -1.77. The number of halogens is 2. The first-order valence-corrected chi connectivity index (χ1v) is 8.86. The van der Waals surface area contributed by atoms with Crippen LogP contribution < -0.4 is 5.32 Å². The molecule has 24 heavy (non-hydrogen) atoms. The van der Waals surface area contributed by atoms with Crippen molar-refractivity contribution >= 4 is 51.6 Å². The Morgan fingerprint density at radius 1 is 1.25 bits per heavy atom. The number of rotatable bonds is 6. The maximum Gasteiger partial charge on any atom is 0.371 e. The number of furan rings is 1. The number of hydrogen-bond donors (Lipinski definition) is 2. The van der Waals surface area contributed by atoms with Gasteiger partial charge in [-0.05, 0) is 37.3 Å². The van der Waals surface area contributed by atoms with E-state index in [0.717, 1.165) is 0 Å². The van der Waals surface area contributed by atoms with Gasteiger partial charge in [0.2, 0.25) is 11.7 Å². The van der Waals surface area contributed by atoms with E-state index in [9.17, 15) is 13.8 Å². The lowest BCUT2D eigenvalue weighted by Crippen LogP contribution is -2.29. The summed E-state index contributed by atoms with van der Waals surface area (Å²) >= 11 is 11.7. The van der Waals surface area contributed by atoms with Gasteiger partial charge in [-0.25, -0.2) is 4.79 Å². The van der Waals surface area contributed by atoms with Gasteiger partial charge in [0, 0.05) is 26.5 Å². The topological polar surface area (TPSA) is 96.6 Å². The van der Waals surface area contributed by atoms with E-state index in [4.69, 9.17) is 32.7 Å². The molecule has 2 rings (SSSR count). The predicted molar refractivity (Wildman–Crippen MR) is 92.1 cm³/mol. The molecule has 2 unspecified atom stereocenters. The Kier molecular flexibility index (Phi) is 6.04. The third kappa shape index (κ3) is 4.83. The van der Waals surface area contributed by atoms with E-state index in [2.05, 4.69) is 5.32 Å². The smallest absolute Gasteiger partial charge is 0.371 e. The summed E-state index contributed by atoms with van der Waals surface area (Å²) < 4.78 is 17.3. The maximum atomic E-state index is 12.2. The molecule has 2 aromatic rings. The Labute approximate surface area is 150 Å². The van der Waals surface area contributed by atoms with Crippen LogP contribution in [0.2, 0.25) is 10.0 Å². The van der Waals surface area contributed by atoms with E-state index in [1.165, 1.54) is 37.3 Å². The van der Waals surface area contributed by atoms with Crippen LogP contribution in [0, 0.1) is 0 Å². The summed E-state index contributed by atoms with van der Waals surface area (Å²) in [6.07, 6.45) is 0. The van der Waals surface area contributed by atoms with Crippen LogP contribution in [0.1, 0.15) is 23.2 Å². The monoisotopic (exact) mass is 389 g/mol. The van der Waals surface area contributed by atoms with Crippen LogP contribution in [0.3, 0.4) is 0 Å². The van der Waals surface area contributed by atoms with Crippen LogP contribution >= 0.6 is 23.2 Å². The molecule has 0 bridgehead atoms. The van der Waals surface area contributed by atoms with Crippen LogP contribution in [0.5, 0.6) is 0 Å². The number of carbonyl (C=O) groups is 2. The van der Waals surface area contributed by atoms with Gasteiger partial charge in [0.25, 0.3) is 0 Å². The zero-order valence-electron chi connectivity index (χ0n) is 12.4. The molecule has 0 aliphatic carbocycles. The highest BCUT2D eigenvalue weighted by Gasteiger charge is 2.22. The second-order valence-corrected chi connectivity index (χ2v) is 7.52. The molecule has 0 saturated carbocycles. The van der Waals surface area contributed by atoms with Gasteiger partial charge in [-0.3, -0.25) is 9.00 Å². The summed E-state index contributed by atoms with van der Waals surface area (Å²) in [4.78, 5) is 22.9. The predicted octanol–water partition coefficient (Wildman–Crippen LogP) is 3.56. The molecule has 1 amide bonds. The largest absolute Gasteiger partial charge is 0.475 e. The number of hydrogen-bond acceptors (Lipinski definition) is 4. The quantitative estimate of drug-likeness (QED) is 0.786. The Morgan fingerprint density at radius 3 is 2.42 bits per heavy atom. The van der Waals surface area contributed by atoms with Gasteiger partial charge >= 0.3 is 5.97 Å². The molecule has 1 aromatic heterocycles. The Hall–Kier alpha value is -1.83. The van der Waals surface area contributed by atoms with Crippen molar-refractivity contribution in [2.75, 3.05) is 5.32 Å². The maximum absolute atomic E-state index is 12.2. The van der Waals surface area contributed by atoms with Crippen molar-refractivity contribution in [1.29, 1.82) is 0 Å². The average molecular weight is 390 g/mol. The number of carboxylic acids is 1. The van der Waals surface area contributed by atoms with Gasteiger partial charge in [-0.2, -0.15) is 0 Å². The molecule has 128 valence electrons. The highest BCUT2D eigenvalue weighted by Crippen LogP contribution is 2.23. The minimum absolute atomic E-state index is 0.0713. The van der Waals surface area contributed by atoms with Gasteiger partial charge in [0.05, 0.1) is 5.75 Å². The first kappa shape index (κ1) is 18.5. The van der Waals surface area contributed by atoms with E-state index in [1.807, 2.05) is 0 Å². The van der Waals surface area contributed by atoms with Crippen molar-refractivity contribution in [3.8, 4) is 0 Å². The van der Waals surface area contributed by atoms with Gasteiger partial charge in [0.1, 0.15) is 11.0 Å². The molecule has 0 spiro atoms. The van der Waals surface area contributed by atoms with Crippen LogP contribution in [-0.4, -0.2) is 26.4 Å². The van der Waals surface area contributed by atoms with Crippen LogP contribution in [0.25, 0.3) is 0 Å². The van der Waals surface area contributed by atoms with E-state index in [-0.39, 0.29) is 17.3 Å². The van der Waals surface area contributed by atoms with Crippen molar-refractivity contribution in [2.45, 2.75) is 17.9 Å². The van der Waals surface area contributed by atoms with Crippen LogP contribution in [-0.2, 0) is 21.3 Å². The number of carboxylic acid groups (broad SMARTS) is 1. The summed E-state index contributed by atoms with van der Waals surface area (Å²) in [5, 5.41) is 11.3. The van der Waals surface area contributed by atoms with E-state index in [0.29, 0.717) is 15.7 Å². The summed E-state index contributed by atoms with van der Waals surface area (Å²) in [5.41, 5.74) is 0.396. The van der Waals surface area contributed by atoms with Crippen molar-refractivity contribution in [1.82, 2.24) is 0 Å². The number of benzene rings is 1. The summed E-state index contributed by atoms with van der Waals surface area (Å²) in [6.45, 7) is 1.50. The van der Waals surface area contributed by atoms with Crippen molar-refractivity contribution in [3.63, 3.8) is 0 Å². The van der Waals surface area contributed by atoms with Gasteiger partial charge in [0.15, 0.2) is 0 Å². The highest BCUT2D eigenvalue weighted by molar-refractivity contribution is 7.85.